The molecule has 2 unspecified atom stereocenters. The van der Waals surface area contributed by atoms with Crippen LogP contribution in [0.4, 0.5) is 0 Å². The molecule has 4 heteroatoms. The third kappa shape index (κ3) is 2.96. The molecule has 20 heavy (non-hydrogen) atoms. The molecule has 3 rings (SSSR count). The molecule has 1 N–H and O–H groups in total. The molecule has 0 bridgehead atoms. The van der Waals surface area contributed by atoms with E-state index in [0.717, 1.165) is 12.4 Å². The molecule has 2 heterocycles. The number of nitrogens with one attached hydrogen (secondary N) is 1. The Labute approximate surface area is 125 Å². The molecule has 1 aliphatic rings. The van der Waals surface area contributed by atoms with E-state index in [-0.39, 0.29) is 0 Å². The van der Waals surface area contributed by atoms with Crippen molar-refractivity contribution in [2.75, 3.05) is 6.54 Å². The molecule has 2 aromatic heterocycles. The van der Waals surface area contributed by atoms with Crippen molar-refractivity contribution in [3.05, 3.63) is 29.9 Å². The van der Waals surface area contributed by atoms with Crippen molar-refractivity contribution in [1.82, 2.24) is 14.9 Å². The number of thiophene rings is 1. The highest BCUT2D eigenvalue weighted by molar-refractivity contribution is 7.13. The first-order valence-electron chi connectivity index (χ1n) is 7.68. The second kappa shape index (κ2) is 6.55. The summed E-state index contributed by atoms with van der Waals surface area (Å²) in [6.07, 6.45) is 10.5. The van der Waals surface area contributed by atoms with Crippen LogP contribution in [0.5, 0.6) is 0 Å². The average molecular weight is 289 g/mol. The number of rotatable bonds is 5. The summed E-state index contributed by atoms with van der Waals surface area (Å²) in [6.45, 7) is 3.37. The van der Waals surface area contributed by atoms with Gasteiger partial charge in [-0.15, -0.1) is 11.3 Å². The second-order valence-electron chi connectivity index (χ2n) is 5.61. The van der Waals surface area contributed by atoms with Crippen LogP contribution in [-0.4, -0.2) is 22.1 Å². The maximum Gasteiger partial charge on any atom is 0.150 e. The number of nitrogens with zero attached hydrogens (tertiary/aromatic N) is 2. The molecule has 1 saturated carbocycles. The molecule has 2 atom stereocenters. The van der Waals surface area contributed by atoms with Gasteiger partial charge in [0.15, 0.2) is 0 Å². The first kappa shape index (κ1) is 13.8. The fourth-order valence-corrected chi connectivity index (χ4v) is 3.88. The van der Waals surface area contributed by atoms with Gasteiger partial charge in [-0.25, -0.2) is 4.98 Å². The first-order valence-corrected chi connectivity index (χ1v) is 8.56. The summed E-state index contributed by atoms with van der Waals surface area (Å²) in [5, 5.41) is 5.81. The zero-order chi connectivity index (χ0) is 13.8. The predicted octanol–water partition coefficient (Wildman–Crippen LogP) is 4.09. The van der Waals surface area contributed by atoms with Crippen molar-refractivity contribution in [1.29, 1.82) is 0 Å². The molecule has 0 aliphatic heterocycles. The largest absolute Gasteiger partial charge is 0.327 e. The quantitative estimate of drug-likeness (QED) is 0.898. The molecule has 1 fully saturated rings. The van der Waals surface area contributed by atoms with Gasteiger partial charge in [-0.1, -0.05) is 13.0 Å². The lowest BCUT2D eigenvalue weighted by molar-refractivity contribution is 0.287. The molecule has 0 aromatic carbocycles. The molecule has 0 saturated heterocycles. The smallest absolute Gasteiger partial charge is 0.150 e. The Hall–Kier alpha value is -1.13. The average Bonchev–Trinajstić information content (AvgIpc) is 3.15. The summed E-state index contributed by atoms with van der Waals surface area (Å²) < 4.78 is 2.39. The summed E-state index contributed by atoms with van der Waals surface area (Å²) in [7, 11) is 0. The van der Waals surface area contributed by atoms with Gasteiger partial charge in [0.05, 0.1) is 4.88 Å². The molecular formula is C16H23N3S. The fraction of sp³-hybridized carbons (Fsp3) is 0.562. The van der Waals surface area contributed by atoms with E-state index in [1.54, 1.807) is 11.3 Å². The van der Waals surface area contributed by atoms with Gasteiger partial charge in [0.25, 0.3) is 0 Å². The van der Waals surface area contributed by atoms with Crippen LogP contribution < -0.4 is 5.32 Å². The highest BCUT2D eigenvalue weighted by Crippen LogP contribution is 2.33. The summed E-state index contributed by atoms with van der Waals surface area (Å²) >= 11 is 1.77. The van der Waals surface area contributed by atoms with Gasteiger partial charge in [0.2, 0.25) is 0 Å². The van der Waals surface area contributed by atoms with Gasteiger partial charge in [-0.2, -0.15) is 0 Å². The van der Waals surface area contributed by atoms with E-state index >= 15 is 0 Å². The highest BCUT2D eigenvalue weighted by atomic mass is 32.1. The van der Waals surface area contributed by atoms with Crippen molar-refractivity contribution in [2.24, 2.45) is 0 Å². The van der Waals surface area contributed by atoms with Crippen LogP contribution in [0, 0.1) is 0 Å². The third-order valence-electron chi connectivity index (χ3n) is 4.13. The third-order valence-corrected chi connectivity index (χ3v) is 5.00. The molecule has 108 valence electrons. The minimum atomic E-state index is 0.595. The van der Waals surface area contributed by atoms with E-state index in [2.05, 4.69) is 45.5 Å². The molecule has 0 radical (unpaired) electrons. The molecule has 0 spiro atoms. The standard InChI is InChI=1S/C16H23N3S/c1-2-8-17-13-5-3-6-14(12-13)19-10-9-18-16(19)15-7-4-11-20-15/h4,7,9-11,13-14,17H,2-3,5-6,8,12H2,1H3. The Morgan fingerprint density at radius 1 is 1.45 bits per heavy atom. The van der Waals surface area contributed by atoms with E-state index < -0.39 is 0 Å². The SMILES string of the molecule is CCCNC1CCCC(n2ccnc2-c2cccs2)C1. The van der Waals surface area contributed by atoms with Crippen molar-refractivity contribution in [3.8, 4) is 10.7 Å². The van der Waals surface area contributed by atoms with Gasteiger partial charge in [-0.05, 0) is 50.1 Å². The van der Waals surface area contributed by atoms with Crippen LogP contribution in [0.25, 0.3) is 10.7 Å². The fourth-order valence-electron chi connectivity index (χ4n) is 3.15. The van der Waals surface area contributed by atoms with E-state index in [4.69, 9.17) is 0 Å². The van der Waals surface area contributed by atoms with Crippen LogP contribution in [0.3, 0.4) is 0 Å². The van der Waals surface area contributed by atoms with E-state index in [1.165, 1.54) is 37.0 Å². The monoisotopic (exact) mass is 289 g/mol. The van der Waals surface area contributed by atoms with Gasteiger partial charge in [-0.3, -0.25) is 0 Å². The van der Waals surface area contributed by atoms with E-state index in [9.17, 15) is 0 Å². The van der Waals surface area contributed by atoms with Crippen LogP contribution in [0.2, 0.25) is 0 Å². The van der Waals surface area contributed by atoms with Crippen LogP contribution in [-0.2, 0) is 0 Å². The van der Waals surface area contributed by atoms with Crippen LogP contribution in [0.15, 0.2) is 29.9 Å². The minimum absolute atomic E-state index is 0.595. The highest BCUT2D eigenvalue weighted by Gasteiger charge is 2.24. The first-order chi connectivity index (χ1) is 9.88. The molecule has 2 aromatic rings. The number of aromatic nitrogens is 2. The van der Waals surface area contributed by atoms with Crippen LogP contribution in [0.1, 0.15) is 45.1 Å². The molecular weight excluding hydrogens is 266 g/mol. The van der Waals surface area contributed by atoms with Crippen molar-refractivity contribution >= 4 is 11.3 Å². The van der Waals surface area contributed by atoms with Gasteiger partial charge < -0.3 is 9.88 Å². The normalized spacial score (nSPS) is 23.1. The zero-order valence-electron chi connectivity index (χ0n) is 12.1. The molecule has 3 nitrogen and oxygen atoms in total. The number of hydrogen-bond acceptors (Lipinski definition) is 3. The Morgan fingerprint density at radius 2 is 2.40 bits per heavy atom. The molecule has 0 amide bonds. The predicted molar refractivity (Wildman–Crippen MR) is 85.1 cm³/mol. The Bertz CT molecular complexity index is 518. The summed E-state index contributed by atoms with van der Waals surface area (Å²) in [6, 6.07) is 5.54. The minimum Gasteiger partial charge on any atom is -0.327 e. The van der Waals surface area contributed by atoms with E-state index in [0.29, 0.717) is 12.1 Å². The van der Waals surface area contributed by atoms with Gasteiger partial charge >= 0.3 is 0 Å². The van der Waals surface area contributed by atoms with Crippen molar-refractivity contribution in [3.63, 3.8) is 0 Å². The number of hydrogen-bond donors (Lipinski definition) is 1. The maximum atomic E-state index is 4.57. The summed E-state index contributed by atoms with van der Waals surface area (Å²) in [4.78, 5) is 5.85. The second-order valence-corrected chi connectivity index (χ2v) is 6.55. The van der Waals surface area contributed by atoms with E-state index in [1.807, 2.05) is 6.20 Å². The van der Waals surface area contributed by atoms with Crippen molar-refractivity contribution < 1.29 is 0 Å². The topological polar surface area (TPSA) is 29.9 Å². The lowest BCUT2D eigenvalue weighted by Gasteiger charge is -2.31. The van der Waals surface area contributed by atoms with Gasteiger partial charge in [0, 0.05) is 24.5 Å². The lowest BCUT2D eigenvalue weighted by Crippen LogP contribution is -2.35. The Balaban J connectivity index is 1.74. The Kier molecular flexibility index (Phi) is 4.53. The van der Waals surface area contributed by atoms with Crippen molar-refractivity contribution in [2.45, 2.75) is 51.1 Å². The van der Waals surface area contributed by atoms with Crippen LogP contribution >= 0.6 is 11.3 Å². The van der Waals surface area contributed by atoms with Gasteiger partial charge in [0.1, 0.15) is 5.82 Å². The number of imidazole rings is 1. The lowest BCUT2D eigenvalue weighted by atomic mass is 9.90. The zero-order valence-corrected chi connectivity index (χ0v) is 12.9. The summed E-state index contributed by atoms with van der Waals surface area (Å²) in [5.74, 6) is 1.14. The maximum absolute atomic E-state index is 4.57. The summed E-state index contributed by atoms with van der Waals surface area (Å²) in [5.41, 5.74) is 0. The molecule has 1 aliphatic carbocycles. The Morgan fingerprint density at radius 3 is 3.20 bits per heavy atom.